The van der Waals surface area contributed by atoms with Crippen LogP contribution in [0.4, 0.5) is 0 Å². The summed E-state index contributed by atoms with van der Waals surface area (Å²) in [4.78, 5) is 15.8. The number of Topliss-reactive ketones (excluding diaryl/α,β-unsaturated/α-hetero) is 1. The van der Waals surface area contributed by atoms with Crippen molar-refractivity contribution >= 4 is 5.78 Å². The predicted octanol–water partition coefficient (Wildman–Crippen LogP) is 3.27. The molecule has 2 aliphatic heterocycles. The van der Waals surface area contributed by atoms with E-state index < -0.39 is 0 Å². The van der Waals surface area contributed by atoms with Crippen molar-refractivity contribution < 1.29 is 14.6 Å². The fraction of sp³-hybridized carbons (Fsp3) is 0.667. The topological polar surface area (TPSA) is 49.8 Å². The smallest absolute Gasteiger partial charge is 0.180 e. The van der Waals surface area contributed by atoms with Gasteiger partial charge in [0, 0.05) is 24.1 Å². The third-order valence-corrected chi connectivity index (χ3v) is 7.25. The average Bonchev–Trinajstić information content (AvgIpc) is 3.13. The van der Waals surface area contributed by atoms with Gasteiger partial charge in [-0.25, -0.2) is 0 Å². The quantitative estimate of drug-likeness (QED) is 0.897. The van der Waals surface area contributed by atoms with Gasteiger partial charge in [-0.3, -0.25) is 9.69 Å². The summed E-state index contributed by atoms with van der Waals surface area (Å²) >= 11 is 0. The third-order valence-electron chi connectivity index (χ3n) is 7.25. The summed E-state index contributed by atoms with van der Waals surface area (Å²) in [7, 11) is 0. The molecule has 0 unspecified atom stereocenters. The van der Waals surface area contributed by atoms with E-state index in [2.05, 4.69) is 4.90 Å². The highest BCUT2D eigenvalue weighted by Crippen LogP contribution is 2.56. The van der Waals surface area contributed by atoms with E-state index in [0.717, 1.165) is 62.9 Å². The largest absolute Gasteiger partial charge is 0.508 e. The number of ketones is 1. The van der Waals surface area contributed by atoms with Gasteiger partial charge in [0.15, 0.2) is 5.78 Å². The molecule has 1 aromatic rings. The Kier molecular flexibility index (Phi) is 3.68. The standard InChI is InChI=1S/C21H27NO3/c23-14-6-7-16-18(12-14)21-8-2-1-5-17(21)19(20(16)24)22(10-9-21)13-15-4-3-11-25-15/h6-7,12,15,17,19,23H,1-5,8-11,13H2/t15-,17-,19+,21+/m0/s1. The van der Waals surface area contributed by atoms with Crippen molar-refractivity contribution in [2.24, 2.45) is 5.92 Å². The third kappa shape index (κ3) is 2.30. The minimum absolute atomic E-state index is 0.00953. The van der Waals surface area contributed by atoms with E-state index in [0.29, 0.717) is 17.8 Å². The number of hydrogen-bond acceptors (Lipinski definition) is 4. The number of benzene rings is 1. The van der Waals surface area contributed by atoms with E-state index in [-0.39, 0.29) is 17.2 Å². The van der Waals surface area contributed by atoms with Gasteiger partial charge >= 0.3 is 0 Å². The van der Waals surface area contributed by atoms with Gasteiger partial charge in [-0.05, 0) is 68.3 Å². The molecular weight excluding hydrogens is 314 g/mol. The van der Waals surface area contributed by atoms with Crippen molar-refractivity contribution in [1.29, 1.82) is 0 Å². The molecule has 2 heterocycles. The number of hydrogen-bond donors (Lipinski definition) is 1. The lowest BCUT2D eigenvalue weighted by Crippen LogP contribution is -2.64. The van der Waals surface area contributed by atoms with Gasteiger partial charge in [0.25, 0.3) is 0 Å². The lowest BCUT2D eigenvalue weighted by atomic mass is 9.52. The number of carbonyl (C=O) groups excluding carboxylic acids is 1. The molecule has 1 N–H and O–H groups in total. The van der Waals surface area contributed by atoms with Crippen LogP contribution in [0.5, 0.6) is 5.75 Å². The monoisotopic (exact) mass is 341 g/mol. The molecule has 4 atom stereocenters. The Morgan fingerprint density at radius 3 is 2.96 bits per heavy atom. The summed E-state index contributed by atoms with van der Waals surface area (Å²) in [5.74, 6) is 0.971. The normalized spacial score (nSPS) is 37.6. The Labute approximate surface area is 149 Å². The molecule has 0 spiro atoms. The van der Waals surface area contributed by atoms with E-state index in [1.54, 1.807) is 6.07 Å². The maximum absolute atomic E-state index is 13.4. The second-order valence-electron chi connectivity index (χ2n) is 8.43. The Hall–Kier alpha value is -1.39. The number of likely N-dealkylation sites (tertiary alicyclic amines) is 1. The van der Waals surface area contributed by atoms with E-state index in [9.17, 15) is 9.90 Å². The maximum Gasteiger partial charge on any atom is 0.180 e. The number of aromatic hydroxyl groups is 1. The first-order chi connectivity index (χ1) is 12.2. The van der Waals surface area contributed by atoms with Crippen molar-refractivity contribution in [3.8, 4) is 5.75 Å². The summed E-state index contributed by atoms with van der Waals surface area (Å²) in [5.41, 5.74) is 2.09. The average molecular weight is 341 g/mol. The Bertz CT molecular complexity index is 696. The summed E-state index contributed by atoms with van der Waals surface area (Å²) < 4.78 is 5.86. The molecular formula is C21H27NO3. The molecule has 2 aliphatic carbocycles. The van der Waals surface area contributed by atoms with Crippen LogP contribution < -0.4 is 0 Å². The molecule has 1 aromatic carbocycles. The first-order valence-corrected chi connectivity index (χ1v) is 9.92. The van der Waals surface area contributed by atoms with Crippen LogP contribution in [0.3, 0.4) is 0 Å². The van der Waals surface area contributed by atoms with Crippen LogP contribution in [0, 0.1) is 5.92 Å². The first kappa shape index (κ1) is 15.8. The zero-order valence-electron chi connectivity index (χ0n) is 14.7. The van der Waals surface area contributed by atoms with Crippen LogP contribution in [0.15, 0.2) is 18.2 Å². The SMILES string of the molecule is O=C1c2ccc(O)cc2[C@@]23CCCC[C@H]2[C@H]1N(C[C@@H]1CCCO1)CC3. The molecule has 4 aliphatic rings. The number of carbonyl (C=O) groups is 1. The highest BCUT2D eigenvalue weighted by molar-refractivity contribution is 6.04. The molecule has 25 heavy (non-hydrogen) atoms. The summed E-state index contributed by atoms with van der Waals surface area (Å²) in [5, 5.41) is 10.1. The minimum atomic E-state index is 0.00953. The second-order valence-corrected chi connectivity index (χ2v) is 8.43. The van der Waals surface area contributed by atoms with Crippen LogP contribution in [-0.4, -0.2) is 47.6 Å². The lowest BCUT2D eigenvalue weighted by Gasteiger charge is -2.58. The molecule has 4 nitrogen and oxygen atoms in total. The van der Waals surface area contributed by atoms with Crippen LogP contribution in [0.2, 0.25) is 0 Å². The van der Waals surface area contributed by atoms with Crippen molar-refractivity contribution in [2.75, 3.05) is 19.7 Å². The fourth-order valence-corrected chi connectivity index (χ4v) is 6.16. The second kappa shape index (κ2) is 5.82. The number of rotatable bonds is 2. The number of piperidine rings is 1. The molecule has 3 fully saturated rings. The molecule has 0 amide bonds. The van der Waals surface area contributed by atoms with Crippen molar-refractivity contribution in [1.82, 2.24) is 4.90 Å². The zero-order chi connectivity index (χ0) is 17.0. The molecule has 0 aromatic heterocycles. The lowest BCUT2D eigenvalue weighted by molar-refractivity contribution is -0.0238. The number of fused-ring (bicyclic) bond motifs is 1. The van der Waals surface area contributed by atoms with Gasteiger partial charge in [-0.2, -0.15) is 0 Å². The van der Waals surface area contributed by atoms with E-state index in [1.165, 1.54) is 12.8 Å². The van der Waals surface area contributed by atoms with Crippen LogP contribution in [0.25, 0.3) is 0 Å². The van der Waals surface area contributed by atoms with Crippen molar-refractivity contribution in [3.05, 3.63) is 29.3 Å². The van der Waals surface area contributed by atoms with Gasteiger partial charge in [0.2, 0.25) is 0 Å². The van der Waals surface area contributed by atoms with Crippen LogP contribution in [-0.2, 0) is 10.2 Å². The number of phenolic OH excluding ortho intramolecular Hbond substituents is 1. The highest BCUT2D eigenvalue weighted by atomic mass is 16.5. The Morgan fingerprint density at radius 1 is 1.20 bits per heavy atom. The molecule has 134 valence electrons. The zero-order valence-corrected chi connectivity index (χ0v) is 14.7. The van der Waals surface area contributed by atoms with Gasteiger partial charge in [0.05, 0.1) is 12.1 Å². The summed E-state index contributed by atoms with van der Waals surface area (Å²) in [6.07, 6.45) is 8.41. The van der Waals surface area contributed by atoms with E-state index >= 15 is 0 Å². The van der Waals surface area contributed by atoms with Gasteiger partial charge in [0.1, 0.15) is 5.75 Å². The summed E-state index contributed by atoms with van der Waals surface area (Å²) in [6, 6.07) is 5.44. The fourth-order valence-electron chi connectivity index (χ4n) is 6.16. The van der Waals surface area contributed by atoms with Crippen LogP contribution in [0.1, 0.15) is 60.9 Å². The van der Waals surface area contributed by atoms with Crippen LogP contribution >= 0.6 is 0 Å². The molecule has 2 bridgehead atoms. The highest BCUT2D eigenvalue weighted by Gasteiger charge is 2.57. The summed E-state index contributed by atoms with van der Waals surface area (Å²) in [6.45, 7) is 2.74. The number of nitrogens with zero attached hydrogens (tertiary/aromatic N) is 1. The van der Waals surface area contributed by atoms with Gasteiger partial charge in [-0.15, -0.1) is 0 Å². The molecule has 2 saturated heterocycles. The van der Waals surface area contributed by atoms with Gasteiger partial charge < -0.3 is 9.84 Å². The minimum Gasteiger partial charge on any atom is -0.508 e. The number of ether oxygens (including phenoxy) is 1. The van der Waals surface area contributed by atoms with E-state index in [1.807, 2.05) is 12.1 Å². The predicted molar refractivity (Wildman–Crippen MR) is 95.0 cm³/mol. The Morgan fingerprint density at radius 2 is 2.12 bits per heavy atom. The van der Waals surface area contributed by atoms with E-state index in [4.69, 9.17) is 4.74 Å². The Balaban J connectivity index is 1.57. The molecule has 0 radical (unpaired) electrons. The van der Waals surface area contributed by atoms with Crippen molar-refractivity contribution in [3.63, 3.8) is 0 Å². The first-order valence-electron chi connectivity index (χ1n) is 9.92. The molecule has 4 heteroatoms. The molecule has 1 saturated carbocycles. The maximum atomic E-state index is 13.4. The molecule has 5 rings (SSSR count). The van der Waals surface area contributed by atoms with Gasteiger partial charge in [-0.1, -0.05) is 12.8 Å². The van der Waals surface area contributed by atoms with Crippen molar-refractivity contribution in [2.45, 2.75) is 62.5 Å². The number of phenols is 1.